The van der Waals surface area contributed by atoms with Gasteiger partial charge in [0.1, 0.15) is 0 Å². The van der Waals surface area contributed by atoms with Gasteiger partial charge in [-0.2, -0.15) is 0 Å². The third kappa shape index (κ3) is 4.14. The molecule has 2 rings (SSSR count). The van der Waals surface area contributed by atoms with Crippen molar-refractivity contribution in [2.75, 3.05) is 32.7 Å². The zero-order valence-corrected chi connectivity index (χ0v) is 13.6. The van der Waals surface area contributed by atoms with E-state index in [0.29, 0.717) is 12.6 Å². The van der Waals surface area contributed by atoms with Gasteiger partial charge in [0.2, 0.25) is 0 Å². The Hall–Kier alpha value is -1.19. The number of likely N-dealkylation sites (tertiary alicyclic amines) is 1. The lowest BCUT2D eigenvalue weighted by Crippen LogP contribution is -2.38. The average Bonchev–Trinajstić information content (AvgIpc) is 2.97. The second-order valence-electron chi connectivity index (χ2n) is 5.87. The molecule has 3 nitrogen and oxygen atoms in total. The van der Waals surface area contributed by atoms with Crippen molar-refractivity contribution in [3.8, 4) is 0 Å². The van der Waals surface area contributed by atoms with Gasteiger partial charge in [0, 0.05) is 24.7 Å². The molecule has 1 aliphatic heterocycles. The van der Waals surface area contributed by atoms with Gasteiger partial charge in [0.25, 0.3) is 0 Å². The summed E-state index contributed by atoms with van der Waals surface area (Å²) < 4.78 is 0. The van der Waals surface area contributed by atoms with E-state index in [0.717, 1.165) is 38.2 Å². The molecule has 21 heavy (non-hydrogen) atoms. The number of carbonyl (C=O) groups is 1. The number of aryl methyl sites for hydroxylation is 1. The molecule has 1 aromatic rings. The van der Waals surface area contributed by atoms with Gasteiger partial charge in [-0.15, -0.1) is 0 Å². The zero-order chi connectivity index (χ0) is 15.2. The molecule has 1 saturated heterocycles. The predicted molar refractivity (Wildman–Crippen MR) is 87.9 cm³/mol. The summed E-state index contributed by atoms with van der Waals surface area (Å²) in [5.41, 5.74) is 2.13. The highest BCUT2D eigenvalue weighted by Crippen LogP contribution is 2.16. The van der Waals surface area contributed by atoms with Gasteiger partial charge in [-0.25, -0.2) is 0 Å². The molecule has 116 valence electrons. The van der Waals surface area contributed by atoms with Crippen LogP contribution in [0, 0.1) is 0 Å². The second kappa shape index (κ2) is 7.71. The van der Waals surface area contributed by atoms with Crippen LogP contribution in [0.15, 0.2) is 24.3 Å². The number of Topliss-reactive ketones (excluding diaryl/α,β-unsaturated/α-hetero) is 1. The van der Waals surface area contributed by atoms with Gasteiger partial charge >= 0.3 is 0 Å². The standard InChI is InChI=1S/C18H28N2O/c1-4-15-7-9-16(10-8-15)18(21)14-19-12-11-17(13-19)20(5-2)6-3/h7-10,17H,4-6,11-14H2,1-3H3. The lowest BCUT2D eigenvalue weighted by atomic mass is 10.1. The van der Waals surface area contributed by atoms with Gasteiger partial charge in [-0.1, -0.05) is 45.0 Å². The second-order valence-corrected chi connectivity index (χ2v) is 5.87. The van der Waals surface area contributed by atoms with Gasteiger partial charge < -0.3 is 0 Å². The third-order valence-corrected chi connectivity index (χ3v) is 4.63. The van der Waals surface area contributed by atoms with Crippen LogP contribution in [-0.4, -0.2) is 54.3 Å². The van der Waals surface area contributed by atoms with Crippen LogP contribution in [0.5, 0.6) is 0 Å². The number of carbonyl (C=O) groups excluding carboxylic acids is 1. The number of hydrogen-bond donors (Lipinski definition) is 0. The largest absolute Gasteiger partial charge is 0.300 e. The Kier molecular flexibility index (Phi) is 5.95. The Bertz CT molecular complexity index is 451. The molecular weight excluding hydrogens is 260 g/mol. The van der Waals surface area contributed by atoms with Crippen LogP contribution in [-0.2, 0) is 6.42 Å². The number of hydrogen-bond acceptors (Lipinski definition) is 3. The summed E-state index contributed by atoms with van der Waals surface area (Å²) in [7, 11) is 0. The van der Waals surface area contributed by atoms with Crippen molar-refractivity contribution in [2.24, 2.45) is 0 Å². The smallest absolute Gasteiger partial charge is 0.176 e. The first-order valence-corrected chi connectivity index (χ1v) is 8.26. The third-order valence-electron chi connectivity index (χ3n) is 4.63. The van der Waals surface area contributed by atoms with E-state index < -0.39 is 0 Å². The number of likely N-dealkylation sites (N-methyl/N-ethyl adjacent to an activating group) is 1. The van der Waals surface area contributed by atoms with Crippen LogP contribution in [0.3, 0.4) is 0 Å². The van der Waals surface area contributed by atoms with E-state index in [-0.39, 0.29) is 5.78 Å². The Balaban J connectivity index is 1.88. The number of rotatable bonds is 7. The summed E-state index contributed by atoms with van der Waals surface area (Å²) in [4.78, 5) is 17.2. The van der Waals surface area contributed by atoms with Crippen LogP contribution in [0.2, 0.25) is 0 Å². The fraction of sp³-hybridized carbons (Fsp3) is 0.611. The summed E-state index contributed by atoms with van der Waals surface area (Å²) >= 11 is 0. The van der Waals surface area contributed by atoms with Crippen molar-refractivity contribution in [3.63, 3.8) is 0 Å². The summed E-state index contributed by atoms with van der Waals surface area (Å²) in [6, 6.07) is 8.69. The fourth-order valence-electron chi connectivity index (χ4n) is 3.21. The minimum absolute atomic E-state index is 0.248. The van der Waals surface area contributed by atoms with Gasteiger partial charge in [-0.05, 0) is 31.5 Å². The zero-order valence-electron chi connectivity index (χ0n) is 13.6. The van der Waals surface area contributed by atoms with E-state index in [1.165, 1.54) is 12.0 Å². The highest BCUT2D eigenvalue weighted by Gasteiger charge is 2.27. The monoisotopic (exact) mass is 288 g/mol. The van der Waals surface area contributed by atoms with Crippen LogP contribution >= 0.6 is 0 Å². The van der Waals surface area contributed by atoms with Crippen molar-refractivity contribution < 1.29 is 4.79 Å². The normalized spacial score (nSPS) is 19.3. The molecule has 0 aromatic heterocycles. The van der Waals surface area contributed by atoms with Crippen molar-refractivity contribution in [1.29, 1.82) is 0 Å². The van der Waals surface area contributed by atoms with Crippen LogP contribution < -0.4 is 0 Å². The van der Waals surface area contributed by atoms with Gasteiger partial charge in [-0.3, -0.25) is 14.6 Å². The van der Waals surface area contributed by atoms with E-state index >= 15 is 0 Å². The van der Waals surface area contributed by atoms with E-state index in [1.54, 1.807) is 0 Å². The van der Waals surface area contributed by atoms with Crippen LogP contribution in [0.1, 0.15) is 43.1 Å². The summed E-state index contributed by atoms with van der Waals surface area (Å²) in [6.45, 7) is 11.4. The Morgan fingerprint density at radius 1 is 1.19 bits per heavy atom. The highest BCUT2D eigenvalue weighted by molar-refractivity contribution is 5.97. The maximum Gasteiger partial charge on any atom is 0.176 e. The number of nitrogens with zero attached hydrogens (tertiary/aromatic N) is 2. The average molecular weight is 288 g/mol. The SMILES string of the molecule is CCc1ccc(C(=O)CN2CCC(N(CC)CC)C2)cc1. The topological polar surface area (TPSA) is 23.6 Å². The minimum atomic E-state index is 0.248. The molecule has 1 atom stereocenters. The molecule has 1 heterocycles. The van der Waals surface area contributed by atoms with Crippen molar-refractivity contribution in [2.45, 2.75) is 39.7 Å². The molecule has 1 fully saturated rings. The molecule has 1 aliphatic rings. The van der Waals surface area contributed by atoms with Crippen LogP contribution in [0.25, 0.3) is 0 Å². The fourth-order valence-corrected chi connectivity index (χ4v) is 3.21. The molecule has 0 bridgehead atoms. The van der Waals surface area contributed by atoms with Gasteiger partial charge in [0.05, 0.1) is 6.54 Å². The molecule has 1 unspecified atom stereocenters. The molecular formula is C18H28N2O. The molecule has 3 heteroatoms. The quantitative estimate of drug-likeness (QED) is 0.721. The molecule has 0 saturated carbocycles. The summed E-state index contributed by atoms with van der Waals surface area (Å²) in [5, 5.41) is 0. The van der Waals surface area contributed by atoms with Gasteiger partial charge in [0.15, 0.2) is 5.78 Å². The minimum Gasteiger partial charge on any atom is -0.300 e. The van der Waals surface area contributed by atoms with E-state index in [2.05, 4.69) is 42.7 Å². The van der Waals surface area contributed by atoms with Crippen molar-refractivity contribution in [3.05, 3.63) is 35.4 Å². The Morgan fingerprint density at radius 3 is 2.43 bits per heavy atom. The first kappa shape index (κ1) is 16.2. The first-order chi connectivity index (χ1) is 10.2. The molecule has 1 aromatic carbocycles. The molecule has 0 amide bonds. The van der Waals surface area contributed by atoms with E-state index in [9.17, 15) is 4.79 Å². The number of ketones is 1. The maximum atomic E-state index is 12.4. The van der Waals surface area contributed by atoms with Crippen molar-refractivity contribution >= 4 is 5.78 Å². The van der Waals surface area contributed by atoms with E-state index in [4.69, 9.17) is 0 Å². The summed E-state index contributed by atoms with van der Waals surface area (Å²) in [6.07, 6.45) is 2.20. The molecule has 0 aliphatic carbocycles. The lowest BCUT2D eigenvalue weighted by Gasteiger charge is -2.26. The Morgan fingerprint density at radius 2 is 1.86 bits per heavy atom. The summed E-state index contributed by atoms with van der Waals surface area (Å²) in [5.74, 6) is 0.248. The lowest BCUT2D eigenvalue weighted by molar-refractivity contribution is 0.0939. The van der Waals surface area contributed by atoms with Crippen molar-refractivity contribution in [1.82, 2.24) is 9.80 Å². The molecule has 0 radical (unpaired) electrons. The number of benzene rings is 1. The maximum absolute atomic E-state index is 12.4. The molecule has 0 N–H and O–H groups in total. The molecule has 0 spiro atoms. The predicted octanol–water partition coefficient (Wildman–Crippen LogP) is 2.85. The highest BCUT2D eigenvalue weighted by atomic mass is 16.1. The van der Waals surface area contributed by atoms with Crippen LogP contribution in [0.4, 0.5) is 0 Å². The first-order valence-electron chi connectivity index (χ1n) is 8.26. The Labute approximate surface area is 128 Å². The van der Waals surface area contributed by atoms with E-state index in [1.807, 2.05) is 12.1 Å².